The molecule has 0 saturated carbocycles. The Balaban J connectivity index is 1.64. The summed E-state index contributed by atoms with van der Waals surface area (Å²) in [6.45, 7) is 0. The van der Waals surface area contributed by atoms with Crippen LogP contribution in [0.4, 0.5) is 11.4 Å². The SMILES string of the molecule is Nc1cccc(C(=O)c2ccc(N3C(=O)c4ccc(I)cc4C3=O)cc2)c1. The van der Waals surface area contributed by atoms with E-state index in [9.17, 15) is 14.4 Å². The van der Waals surface area contributed by atoms with Crippen LogP contribution in [0.2, 0.25) is 0 Å². The number of amides is 2. The molecule has 1 aliphatic heterocycles. The lowest BCUT2D eigenvalue weighted by Gasteiger charge is -2.14. The van der Waals surface area contributed by atoms with Crippen molar-refractivity contribution >= 4 is 51.6 Å². The molecule has 0 unspecified atom stereocenters. The van der Waals surface area contributed by atoms with Crippen LogP contribution < -0.4 is 10.6 Å². The van der Waals surface area contributed by atoms with Gasteiger partial charge in [0, 0.05) is 20.4 Å². The highest BCUT2D eigenvalue weighted by Crippen LogP contribution is 2.29. The molecular formula is C21H13IN2O3. The number of anilines is 2. The molecule has 0 aromatic heterocycles. The summed E-state index contributed by atoms with van der Waals surface area (Å²) in [5.74, 6) is -0.893. The first kappa shape index (κ1) is 17.4. The van der Waals surface area contributed by atoms with Crippen LogP contribution in [0.1, 0.15) is 36.6 Å². The van der Waals surface area contributed by atoms with E-state index in [1.54, 1.807) is 66.7 Å². The summed E-state index contributed by atoms with van der Waals surface area (Å²) in [5, 5.41) is 0. The highest BCUT2D eigenvalue weighted by atomic mass is 127. The Hall–Kier alpha value is -3.00. The molecule has 0 spiro atoms. The lowest BCUT2D eigenvalue weighted by atomic mass is 10.0. The average Bonchev–Trinajstić information content (AvgIpc) is 2.91. The zero-order valence-corrected chi connectivity index (χ0v) is 16.1. The third kappa shape index (κ3) is 3.02. The second kappa shape index (κ2) is 6.62. The number of ketones is 1. The second-order valence-electron chi connectivity index (χ2n) is 6.14. The van der Waals surface area contributed by atoms with Crippen molar-refractivity contribution in [3.8, 4) is 0 Å². The molecule has 3 aromatic carbocycles. The van der Waals surface area contributed by atoms with E-state index in [1.807, 2.05) is 0 Å². The molecule has 0 aliphatic carbocycles. The molecule has 5 nitrogen and oxygen atoms in total. The van der Waals surface area contributed by atoms with E-state index in [0.29, 0.717) is 33.6 Å². The maximum Gasteiger partial charge on any atom is 0.266 e. The molecule has 0 bridgehead atoms. The predicted octanol–water partition coefficient (Wildman–Crippen LogP) is 3.91. The number of carbonyl (C=O) groups is 3. The summed E-state index contributed by atoms with van der Waals surface area (Å²) in [7, 11) is 0. The van der Waals surface area contributed by atoms with Gasteiger partial charge in [0.2, 0.25) is 0 Å². The normalized spacial score (nSPS) is 13.0. The van der Waals surface area contributed by atoms with Crippen LogP contribution in [-0.2, 0) is 0 Å². The van der Waals surface area contributed by atoms with Gasteiger partial charge in [-0.05, 0) is 77.2 Å². The van der Waals surface area contributed by atoms with Crippen molar-refractivity contribution in [3.05, 3.63) is 92.6 Å². The second-order valence-corrected chi connectivity index (χ2v) is 7.38. The first-order valence-corrected chi connectivity index (χ1v) is 9.22. The van der Waals surface area contributed by atoms with Crippen LogP contribution in [0.25, 0.3) is 0 Å². The van der Waals surface area contributed by atoms with Gasteiger partial charge >= 0.3 is 0 Å². The van der Waals surface area contributed by atoms with Crippen LogP contribution in [0.5, 0.6) is 0 Å². The smallest absolute Gasteiger partial charge is 0.266 e. The molecule has 0 radical (unpaired) electrons. The van der Waals surface area contributed by atoms with Gasteiger partial charge in [-0.15, -0.1) is 0 Å². The minimum atomic E-state index is -0.360. The minimum absolute atomic E-state index is 0.175. The fourth-order valence-electron chi connectivity index (χ4n) is 3.06. The van der Waals surface area contributed by atoms with Gasteiger partial charge in [-0.3, -0.25) is 14.4 Å². The van der Waals surface area contributed by atoms with Gasteiger partial charge in [0.1, 0.15) is 0 Å². The third-order valence-corrected chi connectivity index (χ3v) is 5.06. The van der Waals surface area contributed by atoms with Crippen molar-refractivity contribution in [1.29, 1.82) is 0 Å². The van der Waals surface area contributed by atoms with Gasteiger partial charge in [-0.1, -0.05) is 12.1 Å². The molecular weight excluding hydrogens is 455 g/mol. The van der Waals surface area contributed by atoms with Gasteiger partial charge < -0.3 is 5.73 Å². The highest BCUT2D eigenvalue weighted by Gasteiger charge is 2.36. The van der Waals surface area contributed by atoms with Crippen molar-refractivity contribution in [2.45, 2.75) is 0 Å². The molecule has 27 heavy (non-hydrogen) atoms. The Morgan fingerprint density at radius 2 is 1.52 bits per heavy atom. The van der Waals surface area contributed by atoms with E-state index in [2.05, 4.69) is 22.6 Å². The third-order valence-electron chi connectivity index (χ3n) is 4.39. The number of fused-ring (bicyclic) bond motifs is 1. The number of hydrogen-bond donors (Lipinski definition) is 1. The Morgan fingerprint density at radius 1 is 0.815 bits per heavy atom. The van der Waals surface area contributed by atoms with Gasteiger partial charge in [-0.25, -0.2) is 4.90 Å². The topological polar surface area (TPSA) is 80.5 Å². The number of imide groups is 1. The van der Waals surface area contributed by atoms with Crippen molar-refractivity contribution in [2.75, 3.05) is 10.6 Å². The first-order valence-electron chi connectivity index (χ1n) is 8.14. The molecule has 4 rings (SSSR count). The number of nitrogens with zero attached hydrogens (tertiary/aromatic N) is 1. The zero-order chi connectivity index (χ0) is 19.1. The Labute approximate surface area is 168 Å². The fraction of sp³-hybridized carbons (Fsp3) is 0. The molecule has 2 N–H and O–H groups in total. The van der Waals surface area contributed by atoms with Crippen molar-refractivity contribution < 1.29 is 14.4 Å². The molecule has 2 amide bonds. The highest BCUT2D eigenvalue weighted by molar-refractivity contribution is 14.1. The maximum atomic E-state index is 12.7. The quantitative estimate of drug-likeness (QED) is 0.274. The number of hydrogen-bond acceptors (Lipinski definition) is 4. The van der Waals surface area contributed by atoms with Gasteiger partial charge in [0.15, 0.2) is 5.78 Å². The molecule has 1 aliphatic rings. The van der Waals surface area contributed by atoms with Gasteiger partial charge in [0.05, 0.1) is 16.8 Å². The van der Waals surface area contributed by atoms with E-state index in [1.165, 1.54) is 0 Å². The molecule has 6 heteroatoms. The maximum absolute atomic E-state index is 12.7. The standard InChI is InChI=1S/C21H13IN2O3/c22-14-6-9-17-18(11-14)21(27)24(20(17)26)16-7-4-12(5-8-16)19(25)13-2-1-3-15(23)10-13/h1-11H,23H2. The number of nitrogens with two attached hydrogens (primary N) is 1. The van der Waals surface area contributed by atoms with Gasteiger partial charge in [0.25, 0.3) is 11.8 Å². The monoisotopic (exact) mass is 468 g/mol. The van der Waals surface area contributed by atoms with E-state index < -0.39 is 0 Å². The summed E-state index contributed by atoms with van der Waals surface area (Å²) in [4.78, 5) is 39.0. The van der Waals surface area contributed by atoms with Crippen LogP contribution in [0.3, 0.4) is 0 Å². The number of halogens is 1. The molecule has 132 valence electrons. The Morgan fingerprint density at radius 3 is 2.22 bits per heavy atom. The lowest BCUT2D eigenvalue weighted by molar-refractivity contribution is 0.0925. The van der Waals surface area contributed by atoms with Crippen molar-refractivity contribution in [1.82, 2.24) is 0 Å². The van der Waals surface area contributed by atoms with E-state index >= 15 is 0 Å². The number of rotatable bonds is 3. The van der Waals surface area contributed by atoms with E-state index in [-0.39, 0.29) is 17.6 Å². The number of carbonyl (C=O) groups excluding carboxylic acids is 3. The van der Waals surface area contributed by atoms with E-state index in [4.69, 9.17) is 5.73 Å². The van der Waals surface area contributed by atoms with Gasteiger partial charge in [-0.2, -0.15) is 0 Å². The van der Waals surface area contributed by atoms with Crippen molar-refractivity contribution in [2.24, 2.45) is 0 Å². The van der Waals surface area contributed by atoms with Crippen LogP contribution in [-0.4, -0.2) is 17.6 Å². The average molecular weight is 468 g/mol. The minimum Gasteiger partial charge on any atom is -0.399 e. The summed E-state index contributed by atoms with van der Waals surface area (Å²) < 4.78 is 0.887. The summed E-state index contributed by atoms with van der Waals surface area (Å²) >= 11 is 2.10. The lowest BCUT2D eigenvalue weighted by Crippen LogP contribution is -2.29. The summed E-state index contributed by atoms with van der Waals surface area (Å²) in [6, 6.07) is 18.3. The zero-order valence-electron chi connectivity index (χ0n) is 14.0. The predicted molar refractivity (Wildman–Crippen MR) is 111 cm³/mol. The summed E-state index contributed by atoms with van der Waals surface area (Å²) in [6.07, 6.45) is 0. The Bertz CT molecular complexity index is 1110. The molecule has 0 atom stereocenters. The van der Waals surface area contributed by atoms with Crippen molar-refractivity contribution in [3.63, 3.8) is 0 Å². The fourth-order valence-corrected chi connectivity index (χ4v) is 3.55. The molecule has 0 saturated heterocycles. The molecule has 0 fully saturated rings. The van der Waals surface area contributed by atoms with Crippen LogP contribution >= 0.6 is 22.6 Å². The van der Waals surface area contributed by atoms with Crippen LogP contribution in [0, 0.1) is 3.57 Å². The van der Waals surface area contributed by atoms with E-state index in [0.717, 1.165) is 8.47 Å². The molecule has 3 aromatic rings. The summed E-state index contributed by atoms with van der Waals surface area (Å²) in [5.41, 5.74) is 8.40. The number of nitrogen functional groups attached to an aromatic ring is 1. The van der Waals surface area contributed by atoms with Crippen LogP contribution in [0.15, 0.2) is 66.7 Å². The Kier molecular flexibility index (Phi) is 4.27. The number of benzene rings is 3. The molecule has 1 heterocycles. The largest absolute Gasteiger partial charge is 0.399 e. The first-order chi connectivity index (χ1) is 13.0.